The van der Waals surface area contributed by atoms with E-state index in [9.17, 15) is 0 Å². The van der Waals surface area contributed by atoms with E-state index in [0.29, 0.717) is 6.61 Å². The van der Waals surface area contributed by atoms with Gasteiger partial charge in [0.15, 0.2) is 33.3 Å². The second-order valence-electron chi connectivity index (χ2n) is 24.9. The first-order valence-corrected chi connectivity index (χ1v) is 35.4. The molecule has 0 bridgehead atoms. The fraction of sp³-hybridized carbons (Fsp3) is 0.760. The molecule has 0 amide bonds. The Bertz CT molecular complexity index is 1730. The third-order valence-electron chi connectivity index (χ3n) is 15.7. The lowest BCUT2D eigenvalue weighted by molar-refractivity contribution is -0.130. The van der Waals surface area contributed by atoms with Gasteiger partial charge in [-0.2, -0.15) is 0 Å². The molecule has 0 radical (unpaired) electrons. The molecule has 2 saturated heterocycles. The van der Waals surface area contributed by atoms with Gasteiger partial charge in [0.1, 0.15) is 0 Å². The number of aryl methyl sites for hydroxylation is 1. The lowest BCUT2D eigenvalue weighted by Gasteiger charge is -2.56. The first kappa shape index (κ1) is 53.4. The monoisotopic (exact) mass is 928 g/mol. The SMILES string of the molecule is Cc1cc(CN2CCOCC2)cc(NCc2ccc(CN3CC(O[Si](C)(C)C(C)(C)C)C(O[Si](C)(C)C(C)(C)C)C(O[Si](C)(C)C(C)(C)C)[C@H]3CO[Si](C)(C)C(C)(C)C)cc2)c1. The zero-order chi connectivity index (χ0) is 46.9. The molecule has 0 saturated carbocycles. The Morgan fingerprint density at radius 1 is 0.597 bits per heavy atom. The molecule has 2 aliphatic rings. The van der Waals surface area contributed by atoms with Crippen LogP contribution in [-0.4, -0.2) is 107 Å². The summed E-state index contributed by atoms with van der Waals surface area (Å²) >= 11 is 0. The van der Waals surface area contributed by atoms with Crippen LogP contribution in [0.2, 0.25) is 72.5 Å². The minimum absolute atomic E-state index is 0.0124. The highest BCUT2D eigenvalue weighted by Crippen LogP contribution is 2.46. The van der Waals surface area contributed by atoms with Crippen LogP contribution in [0.3, 0.4) is 0 Å². The van der Waals surface area contributed by atoms with Crippen LogP contribution in [0, 0.1) is 6.92 Å². The van der Waals surface area contributed by atoms with Crippen molar-refractivity contribution in [2.24, 2.45) is 0 Å². The summed E-state index contributed by atoms with van der Waals surface area (Å²) in [5, 5.41) is 3.92. The number of nitrogens with zero attached hydrogens (tertiary/aromatic N) is 2. The number of likely N-dealkylation sites (tertiary alicyclic amines) is 1. The summed E-state index contributed by atoms with van der Waals surface area (Å²) in [6, 6.07) is 16.1. The Kier molecular flexibility index (Phi) is 17.2. The molecule has 2 heterocycles. The standard InChI is InChI=1S/C50H93N3O5Si4/c1-38-30-41(34-52-26-28-54-29-27-52)32-42(31-38)51-33-39-22-24-40(25-23-39)35-53-36-44(56-60(16,17)48(5,6)7)46(58-62(20,21)50(11,12)13)45(57-61(18,19)49(8,9)10)43(53)37-55-59(14,15)47(2,3)4/h22-25,30-32,43-46,51H,26-29,33-37H2,1-21H3/t43-,44?,45?,46?/m1/s1. The molecule has 2 aromatic rings. The van der Waals surface area contributed by atoms with Crippen LogP contribution in [0.25, 0.3) is 0 Å². The summed E-state index contributed by atoms with van der Waals surface area (Å²) in [4.78, 5) is 5.14. The van der Waals surface area contributed by atoms with E-state index >= 15 is 0 Å². The molecule has 8 nitrogen and oxygen atoms in total. The minimum atomic E-state index is -2.31. The Labute approximate surface area is 385 Å². The van der Waals surface area contributed by atoms with Crippen molar-refractivity contribution in [3.63, 3.8) is 0 Å². The highest BCUT2D eigenvalue weighted by Gasteiger charge is 2.55. The summed E-state index contributed by atoms with van der Waals surface area (Å²) in [5.41, 5.74) is 6.36. The largest absolute Gasteiger partial charge is 0.415 e. The van der Waals surface area contributed by atoms with Gasteiger partial charge in [0.2, 0.25) is 0 Å². The van der Waals surface area contributed by atoms with Gasteiger partial charge in [-0.15, -0.1) is 0 Å². The van der Waals surface area contributed by atoms with Crippen molar-refractivity contribution in [3.05, 3.63) is 64.7 Å². The molecular weight excluding hydrogens is 835 g/mol. The van der Waals surface area contributed by atoms with E-state index in [0.717, 1.165) is 52.5 Å². The molecule has 0 aromatic heterocycles. The number of morpholine rings is 1. The van der Waals surface area contributed by atoms with Crippen molar-refractivity contribution in [1.29, 1.82) is 0 Å². The number of hydrogen-bond donors (Lipinski definition) is 1. The predicted octanol–water partition coefficient (Wildman–Crippen LogP) is 12.8. The number of anilines is 1. The van der Waals surface area contributed by atoms with E-state index in [-0.39, 0.29) is 44.5 Å². The summed E-state index contributed by atoms with van der Waals surface area (Å²) in [6.45, 7) is 57.0. The molecule has 2 fully saturated rings. The topological polar surface area (TPSA) is 64.7 Å². The fourth-order valence-corrected chi connectivity index (χ4v) is 12.2. The van der Waals surface area contributed by atoms with Gasteiger partial charge in [-0.05, 0) is 114 Å². The van der Waals surface area contributed by atoms with Crippen LogP contribution in [0.5, 0.6) is 0 Å². The Balaban J connectivity index is 1.73. The zero-order valence-electron chi connectivity index (χ0n) is 43.7. The lowest BCUT2D eigenvalue weighted by Crippen LogP contribution is -2.70. The maximum absolute atomic E-state index is 7.78. The molecular formula is C50H93N3O5Si4. The van der Waals surface area contributed by atoms with E-state index < -0.39 is 33.3 Å². The van der Waals surface area contributed by atoms with Gasteiger partial charge >= 0.3 is 0 Å². The maximum Gasteiger partial charge on any atom is 0.192 e. The van der Waals surface area contributed by atoms with E-state index in [2.05, 4.69) is 200 Å². The van der Waals surface area contributed by atoms with Crippen molar-refractivity contribution in [2.45, 2.75) is 207 Å². The van der Waals surface area contributed by atoms with Crippen LogP contribution in [0.4, 0.5) is 5.69 Å². The van der Waals surface area contributed by atoms with Gasteiger partial charge in [0.25, 0.3) is 0 Å². The van der Waals surface area contributed by atoms with Gasteiger partial charge in [0, 0.05) is 45.0 Å². The molecule has 4 atom stereocenters. The second-order valence-corrected chi connectivity index (χ2v) is 44.0. The summed E-state index contributed by atoms with van der Waals surface area (Å²) in [7, 11) is -8.95. The van der Waals surface area contributed by atoms with Crippen molar-refractivity contribution < 1.29 is 22.4 Å². The van der Waals surface area contributed by atoms with Crippen LogP contribution in [0.15, 0.2) is 42.5 Å². The number of rotatable bonds is 16. The number of nitrogens with one attached hydrogen (secondary N) is 1. The second kappa shape index (κ2) is 20.0. The van der Waals surface area contributed by atoms with E-state index in [4.69, 9.17) is 22.4 Å². The number of ether oxygens (including phenoxy) is 1. The first-order chi connectivity index (χ1) is 28.1. The summed E-state index contributed by atoms with van der Waals surface area (Å²) in [6.07, 6.45) is -0.577. The van der Waals surface area contributed by atoms with Gasteiger partial charge < -0.3 is 27.8 Å². The van der Waals surface area contributed by atoms with Gasteiger partial charge in [-0.25, -0.2) is 0 Å². The van der Waals surface area contributed by atoms with Crippen molar-refractivity contribution in [1.82, 2.24) is 9.80 Å². The Morgan fingerprint density at radius 2 is 1.08 bits per heavy atom. The third kappa shape index (κ3) is 13.9. The number of benzene rings is 2. The van der Waals surface area contributed by atoms with Crippen molar-refractivity contribution in [3.8, 4) is 0 Å². The van der Waals surface area contributed by atoms with Gasteiger partial charge in [-0.1, -0.05) is 113 Å². The van der Waals surface area contributed by atoms with Crippen LogP contribution < -0.4 is 5.32 Å². The van der Waals surface area contributed by atoms with Crippen molar-refractivity contribution >= 4 is 39.0 Å². The molecule has 2 aliphatic heterocycles. The van der Waals surface area contributed by atoms with Crippen LogP contribution in [-0.2, 0) is 42.1 Å². The first-order valence-electron chi connectivity index (χ1n) is 23.8. The van der Waals surface area contributed by atoms with Gasteiger partial charge in [-0.3, -0.25) is 9.80 Å². The average Bonchev–Trinajstić information content (AvgIpc) is 3.10. The normalized spacial score (nSPS) is 22.3. The molecule has 0 aliphatic carbocycles. The highest BCUT2D eigenvalue weighted by molar-refractivity contribution is 6.75. The quantitative estimate of drug-likeness (QED) is 0.167. The van der Waals surface area contributed by atoms with Crippen LogP contribution in [0.1, 0.15) is 105 Å². The molecule has 4 rings (SSSR count). The fourth-order valence-electron chi connectivity index (χ4n) is 7.26. The minimum Gasteiger partial charge on any atom is -0.415 e. The van der Waals surface area contributed by atoms with Crippen LogP contribution >= 0.6 is 0 Å². The van der Waals surface area contributed by atoms with E-state index in [1.807, 2.05) is 0 Å². The maximum atomic E-state index is 7.78. The number of hydrogen-bond acceptors (Lipinski definition) is 8. The molecule has 12 heteroatoms. The van der Waals surface area contributed by atoms with Gasteiger partial charge in [0.05, 0.1) is 44.2 Å². The average molecular weight is 929 g/mol. The number of piperidine rings is 1. The highest BCUT2D eigenvalue weighted by atomic mass is 28.4. The predicted molar refractivity (Wildman–Crippen MR) is 275 cm³/mol. The third-order valence-corrected chi connectivity index (χ3v) is 33.6. The molecule has 0 spiro atoms. The molecule has 1 N–H and O–H groups in total. The summed E-state index contributed by atoms with van der Waals surface area (Å²) < 4.78 is 35.9. The lowest BCUT2D eigenvalue weighted by atomic mass is 9.93. The smallest absolute Gasteiger partial charge is 0.192 e. The molecule has 62 heavy (non-hydrogen) atoms. The van der Waals surface area contributed by atoms with E-state index in [1.54, 1.807) is 0 Å². The molecule has 2 aromatic carbocycles. The Morgan fingerprint density at radius 3 is 1.60 bits per heavy atom. The Hall–Kier alpha value is -1.17. The van der Waals surface area contributed by atoms with Crippen molar-refractivity contribution in [2.75, 3.05) is 44.8 Å². The van der Waals surface area contributed by atoms with E-state index in [1.165, 1.54) is 27.9 Å². The summed E-state index contributed by atoms with van der Waals surface area (Å²) in [5.74, 6) is 0. The zero-order valence-corrected chi connectivity index (χ0v) is 47.7. The molecule has 3 unspecified atom stereocenters. The molecule has 354 valence electrons.